The molecule has 64 heavy (non-hydrogen) atoms. The minimum atomic E-state index is -1.20. The molecule has 1 rings (SSSR count). The van der Waals surface area contributed by atoms with Crippen molar-refractivity contribution in [2.45, 2.75) is 175 Å². The third kappa shape index (κ3) is 59.0. The molecule has 382 valence electrons. The number of nitrogens with one attached hydrogen (secondary N) is 3. The number of halogens is 1. The summed E-state index contributed by atoms with van der Waals surface area (Å²) in [5, 5.41) is 35.3. The summed E-state index contributed by atoms with van der Waals surface area (Å²) in [5.74, 6) is -2.29. The van der Waals surface area contributed by atoms with Gasteiger partial charge in [0.05, 0.1) is 5.56 Å². The van der Waals surface area contributed by atoms with Gasteiger partial charge in [-0.3, -0.25) is 29.0 Å². The number of amides is 2. The molecule has 2 atom stereocenters. The van der Waals surface area contributed by atoms with Gasteiger partial charge in [0.2, 0.25) is 5.91 Å². The minimum absolute atomic E-state index is 0. The largest absolute Gasteiger partial charge is 0.481 e. The van der Waals surface area contributed by atoms with Gasteiger partial charge in [0, 0.05) is 30.6 Å². The van der Waals surface area contributed by atoms with Gasteiger partial charge in [-0.1, -0.05) is 177 Å². The van der Waals surface area contributed by atoms with Gasteiger partial charge < -0.3 is 26.0 Å². The number of hydrogen-bond donors (Lipinski definition) is 6. The Morgan fingerprint density at radius 3 is 1.30 bits per heavy atom. The lowest BCUT2D eigenvalue weighted by Gasteiger charge is -2.12. The molecule has 0 bridgehead atoms. The third-order valence-electron chi connectivity index (χ3n) is 8.60. The maximum atomic E-state index is 12.6. The standard InChI is InChI=1S/C34H56N3O8P.C3H8S.2C2H6S2.2C2H6.FH.H2S/c38-30(20-15-13-11-9-7-5-3-1-2-4-6-8-10-12-14-16-21-31(39)40)36-28-24-26(23-27(25-28)33(42)43)32(41)35-22-18-17-19-29(37-46)34(44)45;3*1-3-4-2;2*1-2;;/h23-25,29,37H,1-22,46H2,(H,35,41)(H,36,38)(H,39,40)(H,42,43)(H,44,45);3H2,1-2H3;2*1-2H3;2*1-2H3;1H;1H2. The first-order valence-electron chi connectivity index (χ1n) is 22.4. The molecule has 0 aliphatic heterocycles. The molecule has 6 N–H and O–H groups in total. The first kappa shape index (κ1) is 77.2. The Kier molecular flexibility index (Phi) is 77.3. The molecule has 0 saturated heterocycles. The summed E-state index contributed by atoms with van der Waals surface area (Å²) in [6.07, 6.45) is 30.6. The predicted molar refractivity (Wildman–Crippen MR) is 297 cm³/mol. The van der Waals surface area contributed by atoms with Crippen LogP contribution in [0.25, 0.3) is 0 Å². The summed E-state index contributed by atoms with van der Waals surface area (Å²) < 4.78 is 0. The van der Waals surface area contributed by atoms with Crippen LogP contribution in [-0.4, -0.2) is 94.7 Å². The molecular weight excluding hydrogens is 953 g/mol. The lowest BCUT2D eigenvalue weighted by atomic mass is 10.0. The molecule has 0 fully saturated rings. The number of hydrogen-bond acceptors (Lipinski definition) is 11. The molecule has 11 nitrogen and oxygen atoms in total. The number of aliphatic carboxylic acids is 2. The van der Waals surface area contributed by atoms with Gasteiger partial charge in [-0.2, -0.15) is 25.3 Å². The van der Waals surface area contributed by atoms with Crippen molar-refractivity contribution in [2.24, 2.45) is 0 Å². The first-order chi connectivity index (χ1) is 29.9. The van der Waals surface area contributed by atoms with E-state index in [9.17, 15) is 29.1 Å². The number of thioether (sulfide) groups is 1. The van der Waals surface area contributed by atoms with E-state index in [0.29, 0.717) is 32.2 Å². The summed E-state index contributed by atoms with van der Waals surface area (Å²) >= 11 is 1.86. The maximum Gasteiger partial charge on any atom is 0.335 e. The lowest BCUT2D eigenvalue weighted by molar-refractivity contribution is -0.139. The Morgan fingerprint density at radius 1 is 0.594 bits per heavy atom. The van der Waals surface area contributed by atoms with E-state index in [0.717, 1.165) is 44.9 Å². The van der Waals surface area contributed by atoms with Crippen molar-refractivity contribution < 1.29 is 44.0 Å². The number of unbranched alkanes of at least 4 members (excludes halogenated alkanes) is 16. The quantitative estimate of drug-likeness (QED) is 0.0228. The highest BCUT2D eigenvalue weighted by Crippen LogP contribution is 2.18. The fourth-order valence-electron chi connectivity index (χ4n) is 5.27. The number of carbonyl (C=O) groups is 5. The summed E-state index contributed by atoms with van der Waals surface area (Å²) in [4.78, 5) is 58.3. The Balaban J connectivity index is -0.000000312. The number of aromatic carboxylic acids is 1. The van der Waals surface area contributed by atoms with Gasteiger partial charge >= 0.3 is 17.9 Å². The summed E-state index contributed by atoms with van der Waals surface area (Å²) in [6, 6.07) is 3.39. The number of benzene rings is 1. The SMILES string of the molecule is CC.CC.CCSC.CSSC.CSSC.F.O=C(O)CCCCCCCCCCCCCCCCCCC(=O)Nc1cc(C(=O)O)cc(C(=O)NCCCCC(NP)C(=O)O)c1.S. The second kappa shape index (κ2) is 64.1. The Morgan fingerprint density at radius 2 is 0.969 bits per heavy atom. The zero-order chi connectivity index (χ0) is 48.2. The van der Waals surface area contributed by atoms with E-state index in [1.54, 1.807) is 43.2 Å². The molecule has 19 heteroatoms. The van der Waals surface area contributed by atoms with Crippen LogP contribution in [0.1, 0.15) is 190 Å². The zero-order valence-corrected chi connectivity index (χ0v) is 47.2. The average molecular weight is 1040 g/mol. The van der Waals surface area contributed by atoms with Crippen LogP contribution >= 0.6 is 77.8 Å². The highest BCUT2D eigenvalue weighted by molar-refractivity contribution is 8.76. The number of rotatable bonds is 32. The van der Waals surface area contributed by atoms with Crippen molar-refractivity contribution in [3.63, 3.8) is 0 Å². The number of carboxylic acid groups (broad SMARTS) is 3. The van der Waals surface area contributed by atoms with Crippen LogP contribution in [-0.2, 0) is 14.4 Å². The van der Waals surface area contributed by atoms with Gasteiger partial charge in [0.15, 0.2) is 0 Å². The Bertz CT molecular complexity index is 1190. The molecule has 0 saturated carbocycles. The van der Waals surface area contributed by atoms with Gasteiger partial charge in [-0.05, 0) is 87.3 Å². The number of carbonyl (C=O) groups excluding carboxylic acids is 2. The molecule has 0 aliphatic rings. The molecule has 2 unspecified atom stereocenters. The maximum absolute atomic E-state index is 12.6. The van der Waals surface area contributed by atoms with E-state index in [1.807, 2.05) is 39.5 Å². The molecule has 1 aromatic carbocycles. The van der Waals surface area contributed by atoms with Crippen molar-refractivity contribution in [1.82, 2.24) is 10.4 Å². The van der Waals surface area contributed by atoms with Crippen LogP contribution in [0.4, 0.5) is 10.4 Å². The highest BCUT2D eigenvalue weighted by atomic mass is 33.1. The summed E-state index contributed by atoms with van der Waals surface area (Å²) in [7, 11) is 9.28. The van der Waals surface area contributed by atoms with E-state index >= 15 is 0 Å². The highest BCUT2D eigenvalue weighted by Gasteiger charge is 2.16. The Hall–Kier alpha value is -1.01. The van der Waals surface area contributed by atoms with Crippen molar-refractivity contribution in [1.29, 1.82) is 0 Å². The summed E-state index contributed by atoms with van der Waals surface area (Å²) in [5.41, 5.74) is 0.298. The molecule has 1 aromatic rings. The monoisotopic (exact) mass is 1040 g/mol. The van der Waals surface area contributed by atoms with E-state index in [-0.39, 0.29) is 47.3 Å². The van der Waals surface area contributed by atoms with Crippen molar-refractivity contribution in [3.8, 4) is 0 Å². The topological polar surface area (TPSA) is 182 Å². The van der Waals surface area contributed by atoms with Crippen molar-refractivity contribution >= 4 is 113 Å². The van der Waals surface area contributed by atoms with Gasteiger partial charge in [-0.25, -0.2) is 4.79 Å². The lowest BCUT2D eigenvalue weighted by Crippen LogP contribution is -2.30. The van der Waals surface area contributed by atoms with Crippen molar-refractivity contribution in [2.75, 3.05) is 48.9 Å². The number of anilines is 1. The smallest absolute Gasteiger partial charge is 0.335 e. The molecule has 0 aromatic heterocycles. The molecule has 0 aliphatic carbocycles. The van der Waals surface area contributed by atoms with E-state index in [1.165, 1.54) is 81.7 Å². The molecule has 2 amide bonds. The second-order valence-corrected chi connectivity index (χ2v) is 20.1. The third-order valence-corrected chi connectivity index (χ3v) is 12.2. The molecule has 0 radical (unpaired) electrons. The predicted octanol–water partition coefficient (Wildman–Crippen LogP) is 14.1. The normalized spacial score (nSPS) is 9.92. The zero-order valence-electron chi connectivity index (χ0n) is 41.0. The molecule has 0 spiro atoms. The van der Waals surface area contributed by atoms with Crippen LogP contribution in [0.3, 0.4) is 0 Å². The molecular formula is C45H91FN3O8PS6. The van der Waals surface area contributed by atoms with Gasteiger partial charge in [0.1, 0.15) is 6.04 Å². The molecule has 0 heterocycles. The van der Waals surface area contributed by atoms with E-state index in [2.05, 4.69) is 63.3 Å². The summed E-state index contributed by atoms with van der Waals surface area (Å²) in [6.45, 7) is 10.5. The fraction of sp³-hybridized carbons (Fsp3) is 0.756. The van der Waals surface area contributed by atoms with Crippen LogP contribution in [0, 0.1) is 0 Å². The minimum Gasteiger partial charge on any atom is -0.481 e. The van der Waals surface area contributed by atoms with E-state index < -0.39 is 29.9 Å². The van der Waals surface area contributed by atoms with Crippen LogP contribution in [0.5, 0.6) is 0 Å². The second-order valence-electron chi connectivity index (χ2n) is 13.3. The Labute approximate surface area is 418 Å². The van der Waals surface area contributed by atoms with Crippen LogP contribution in [0.15, 0.2) is 18.2 Å². The van der Waals surface area contributed by atoms with E-state index in [4.69, 9.17) is 10.2 Å². The van der Waals surface area contributed by atoms with Gasteiger partial charge in [-0.15, -0.1) is 0 Å². The number of carboxylic acids is 3. The first-order valence-corrected chi connectivity index (χ1v) is 30.3. The fourth-order valence-corrected chi connectivity index (χ4v) is 5.58. The van der Waals surface area contributed by atoms with Crippen molar-refractivity contribution in [3.05, 3.63) is 29.3 Å². The van der Waals surface area contributed by atoms with Gasteiger partial charge in [0.25, 0.3) is 5.91 Å². The van der Waals surface area contributed by atoms with Crippen LogP contribution < -0.4 is 15.7 Å². The average Bonchev–Trinajstić information content (AvgIpc) is 3.28. The van der Waals surface area contributed by atoms with Crippen LogP contribution in [0.2, 0.25) is 0 Å².